The monoisotopic (exact) mass is 360 g/mol. The normalized spacial score (nSPS) is 13.5. The molecule has 0 fully saturated rings. The number of fused-ring (bicyclic) bond motifs is 1. The molecule has 0 bridgehead atoms. The second kappa shape index (κ2) is 8.49. The Morgan fingerprint density at radius 2 is 2.08 bits per heavy atom. The number of carbonyl (C=O) groups is 1. The summed E-state index contributed by atoms with van der Waals surface area (Å²) in [5.41, 5.74) is 3.98. The summed E-state index contributed by atoms with van der Waals surface area (Å²) in [5.74, 6) is 1.14. The van der Waals surface area contributed by atoms with E-state index < -0.39 is 0 Å². The molecule has 6 nitrogen and oxygen atoms in total. The van der Waals surface area contributed by atoms with Gasteiger partial charge >= 0.3 is 0 Å². The van der Waals surface area contributed by atoms with Gasteiger partial charge in [0.2, 0.25) is 5.91 Å². The molecule has 0 saturated carbocycles. The van der Waals surface area contributed by atoms with Crippen LogP contribution in [0.15, 0.2) is 23.4 Å². The van der Waals surface area contributed by atoms with Crippen molar-refractivity contribution >= 4 is 17.7 Å². The summed E-state index contributed by atoms with van der Waals surface area (Å²) in [5, 5.41) is 12.1. The Balaban J connectivity index is 1.66. The summed E-state index contributed by atoms with van der Waals surface area (Å²) >= 11 is 1.39. The zero-order valence-corrected chi connectivity index (χ0v) is 15.6. The van der Waals surface area contributed by atoms with Crippen molar-refractivity contribution in [2.45, 2.75) is 30.8 Å². The van der Waals surface area contributed by atoms with E-state index in [1.54, 1.807) is 7.11 Å². The number of benzene rings is 1. The third kappa shape index (κ3) is 4.41. The van der Waals surface area contributed by atoms with Crippen molar-refractivity contribution in [1.29, 1.82) is 0 Å². The average Bonchev–Trinajstić information content (AvgIpc) is 3.00. The lowest BCUT2D eigenvalue weighted by Gasteiger charge is -2.16. The van der Waals surface area contributed by atoms with Gasteiger partial charge in [0.1, 0.15) is 0 Å². The predicted octanol–water partition coefficient (Wildman–Crippen LogP) is 2.22. The Labute approximate surface area is 152 Å². The average molecular weight is 360 g/mol. The third-order valence-electron chi connectivity index (χ3n) is 4.40. The molecule has 1 aromatic heterocycles. The van der Waals surface area contributed by atoms with Gasteiger partial charge in [0.15, 0.2) is 11.0 Å². The maximum Gasteiger partial charge on any atom is 0.230 e. The van der Waals surface area contributed by atoms with Crippen molar-refractivity contribution in [3.05, 3.63) is 29.3 Å². The first kappa shape index (κ1) is 17.9. The van der Waals surface area contributed by atoms with Gasteiger partial charge in [-0.2, -0.15) is 0 Å². The van der Waals surface area contributed by atoms with Crippen LogP contribution >= 0.6 is 11.8 Å². The fourth-order valence-corrected chi connectivity index (χ4v) is 3.78. The molecule has 1 heterocycles. The lowest BCUT2D eigenvalue weighted by Crippen LogP contribution is -2.28. The maximum absolute atomic E-state index is 11.8. The smallest absolute Gasteiger partial charge is 0.230 e. The molecule has 1 aliphatic carbocycles. The molecular weight excluding hydrogens is 336 g/mol. The molecule has 2 aromatic rings. The van der Waals surface area contributed by atoms with Crippen LogP contribution in [0.3, 0.4) is 0 Å². The van der Waals surface area contributed by atoms with E-state index in [9.17, 15) is 4.79 Å². The third-order valence-corrected chi connectivity index (χ3v) is 5.42. The van der Waals surface area contributed by atoms with Crippen molar-refractivity contribution in [2.24, 2.45) is 7.05 Å². The van der Waals surface area contributed by atoms with Gasteiger partial charge in [-0.05, 0) is 42.9 Å². The lowest BCUT2D eigenvalue weighted by atomic mass is 9.90. The van der Waals surface area contributed by atoms with Gasteiger partial charge in [-0.3, -0.25) is 4.79 Å². The van der Waals surface area contributed by atoms with Crippen LogP contribution < -0.4 is 5.32 Å². The first-order valence-corrected chi connectivity index (χ1v) is 9.57. The topological polar surface area (TPSA) is 69.0 Å². The number of nitrogens with one attached hydrogen (secondary N) is 1. The number of hydrogen-bond donors (Lipinski definition) is 1. The minimum absolute atomic E-state index is 0.0274. The molecule has 0 aliphatic heterocycles. The Morgan fingerprint density at radius 1 is 1.28 bits per heavy atom. The number of hydrogen-bond acceptors (Lipinski definition) is 5. The van der Waals surface area contributed by atoms with Gasteiger partial charge in [0, 0.05) is 26.3 Å². The zero-order chi connectivity index (χ0) is 17.6. The molecule has 0 radical (unpaired) electrons. The number of amides is 1. The predicted molar refractivity (Wildman–Crippen MR) is 98.7 cm³/mol. The standard InChI is InChI=1S/C18H24N4O2S/c1-22-17(15-8-7-13-5-3-4-6-14(13)11-15)20-21-18(22)25-12-16(23)19-9-10-24-2/h7-8,11H,3-6,9-10,12H2,1-2H3,(H,19,23). The van der Waals surface area contributed by atoms with E-state index >= 15 is 0 Å². The van der Waals surface area contributed by atoms with Crippen LogP contribution in [0, 0.1) is 0 Å². The quantitative estimate of drug-likeness (QED) is 0.606. The van der Waals surface area contributed by atoms with Gasteiger partial charge in [-0.25, -0.2) is 0 Å². The molecule has 0 spiro atoms. The van der Waals surface area contributed by atoms with Crippen molar-refractivity contribution in [3.8, 4) is 11.4 Å². The molecule has 0 saturated heterocycles. The number of aryl methyl sites for hydroxylation is 2. The zero-order valence-electron chi connectivity index (χ0n) is 14.7. The minimum Gasteiger partial charge on any atom is -0.383 e. The molecule has 1 aliphatic rings. The van der Waals surface area contributed by atoms with Crippen LogP contribution in [-0.2, 0) is 29.4 Å². The fourth-order valence-electron chi connectivity index (χ4n) is 3.04. The highest BCUT2D eigenvalue weighted by Crippen LogP contribution is 2.28. The second-order valence-corrected chi connectivity index (χ2v) is 7.13. The van der Waals surface area contributed by atoms with E-state index in [-0.39, 0.29) is 5.91 Å². The van der Waals surface area contributed by atoms with Crippen molar-refractivity contribution in [3.63, 3.8) is 0 Å². The van der Waals surface area contributed by atoms with E-state index in [4.69, 9.17) is 4.74 Å². The lowest BCUT2D eigenvalue weighted by molar-refractivity contribution is -0.118. The van der Waals surface area contributed by atoms with E-state index in [1.807, 2.05) is 11.6 Å². The number of aromatic nitrogens is 3. The van der Waals surface area contributed by atoms with Crippen molar-refractivity contribution in [2.75, 3.05) is 26.0 Å². The SMILES string of the molecule is COCCNC(=O)CSc1nnc(-c2ccc3c(c2)CCCC3)n1C. The van der Waals surface area contributed by atoms with Gasteiger partial charge < -0.3 is 14.6 Å². The Hall–Kier alpha value is -1.86. The summed E-state index contributed by atoms with van der Waals surface area (Å²) in [4.78, 5) is 11.8. The van der Waals surface area contributed by atoms with Crippen LogP contribution in [0.4, 0.5) is 0 Å². The summed E-state index contributed by atoms with van der Waals surface area (Å²) in [6.45, 7) is 1.04. The Kier molecular flexibility index (Phi) is 6.09. The van der Waals surface area contributed by atoms with E-state index in [2.05, 4.69) is 33.7 Å². The molecule has 7 heteroatoms. The first-order valence-electron chi connectivity index (χ1n) is 8.59. The van der Waals surface area contributed by atoms with Crippen molar-refractivity contribution < 1.29 is 9.53 Å². The molecule has 1 N–H and O–H groups in total. The molecule has 134 valence electrons. The highest BCUT2D eigenvalue weighted by Gasteiger charge is 2.15. The number of thioether (sulfide) groups is 1. The van der Waals surface area contributed by atoms with Crippen LogP contribution in [-0.4, -0.2) is 46.7 Å². The second-order valence-electron chi connectivity index (χ2n) is 6.19. The van der Waals surface area contributed by atoms with Gasteiger partial charge in [0.05, 0.1) is 12.4 Å². The maximum atomic E-state index is 11.8. The van der Waals surface area contributed by atoms with Crippen molar-refractivity contribution in [1.82, 2.24) is 20.1 Å². The first-order chi connectivity index (χ1) is 12.2. The van der Waals surface area contributed by atoms with Crippen LogP contribution in [0.25, 0.3) is 11.4 Å². The Bertz CT molecular complexity index is 745. The van der Waals surface area contributed by atoms with E-state index in [0.29, 0.717) is 18.9 Å². The number of ether oxygens (including phenoxy) is 1. The van der Waals surface area contributed by atoms with Crippen LogP contribution in [0.2, 0.25) is 0 Å². The van der Waals surface area contributed by atoms with Gasteiger partial charge in [0.25, 0.3) is 0 Å². The summed E-state index contributed by atoms with van der Waals surface area (Å²) < 4.78 is 6.87. The van der Waals surface area contributed by atoms with E-state index in [1.165, 1.54) is 42.2 Å². The number of nitrogens with zero attached hydrogens (tertiary/aromatic N) is 3. The van der Waals surface area contributed by atoms with E-state index in [0.717, 1.165) is 23.0 Å². The number of rotatable bonds is 7. The van der Waals surface area contributed by atoms with Crippen LogP contribution in [0.1, 0.15) is 24.0 Å². The van der Waals surface area contributed by atoms with Crippen LogP contribution in [0.5, 0.6) is 0 Å². The molecule has 0 unspecified atom stereocenters. The Morgan fingerprint density at radius 3 is 2.88 bits per heavy atom. The molecule has 25 heavy (non-hydrogen) atoms. The molecule has 3 rings (SSSR count). The molecule has 1 aromatic carbocycles. The number of methoxy groups -OCH3 is 1. The summed E-state index contributed by atoms with van der Waals surface area (Å²) in [7, 11) is 3.56. The number of carbonyl (C=O) groups excluding carboxylic acids is 1. The largest absolute Gasteiger partial charge is 0.383 e. The highest BCUT2D eigenvalue weighted by molar-refractivity contribution is 7.99. The minimum atomic E-state index is -0.0274. The van der Waals surface area contributed by atoms with Gasteiger partial charge in [-0.1, -0.05) is 23.9 Å². The summed E-state index contributed by atoms with van der Waals surface area (Å²) in [6.07, 6.45) is 4.86. The fraction of sp³-hybridized carbons (Fsp3) is 0.500. The van der Waals surface area contributed by atoms with Gasteiger partial charge in [-0.15, -0.1) is 10.2 Å². The molecule has 1 amide bonds. The summed E-state index contributed by atoms with van der Waals surface area (Å²) in [6, 6.07) is 6.58. The molecular formula is C18H24N4O2S. The molecule has 0 atom stereocenters. The highest BCUT2D eigenvalue weighted by atomic mass is 32.2.